The Morgan fingerprint density at radius 1 is 0.344 bits per heavy atom. The summed E-state index contributed by atoms with van der Waals surface area (Å²) in [4.78, 5) is 2.50. The van der Waals surface area contributed by atoms with E-state index in [1.54, 1.807) is 0 Å². The molecule has 0 saturated carbocycles. The van der Waals surface area contributed by atoms with Crippen LogP contribution in [0, 0.1) is 0 Å². The zero-order chi connectivity index (χ0) is 42.6. The van der Waals surface area contributed by atoms with Gasteiger partial charge in [-0.3, -0.25) is 0 Å². The lowest BCUT2D eigenvalue weighted by Gasteiger charge is -2.33. The highest BCUT2D eigenvalue weighted by molar-refractivity contribution is 6.03. The van der Waals surface area contributed by atoms with Crippen molar-refractivity contribution in [2.75, 3.05) is 4.90 Å². The van der Waals surface area contributed by atoms with Gasteiger partial charge in [0.1, 0.15) is 11.5 Å². The summed E-state index contributed by atoms with van der Waals surface area (Å²) in [6.45, 7) is 4.74. The van der Waals surface area contributed by atoms with Crippen molar-refractivity contribution in [1.82, 2.24) is 0 Å². The van der Waals surface area contributed by atoms with Crippen molar-refractivity contribution in [2.24, 2.45) is 0 Å². The number of nitrogens with zero attached hydrogens (tertiary/aromatic N) is 1. The molecule has 0 amide bonds. The van der Waals surface area contributed by atoms with Crippen molar-refractivity contribution in [3.05, 3.63) is 258 Å². The van der Waals surface area contributed by atoms with Crippen molar-refractivity contribution in [1.29, 1.82) is 0 Å². The Hall–Kier alpha value is -7.94. The normalized spacial score (nSPS) is 15.5. The third-order valence-electron chi connectivity index (χ3n) is 14.3. The zero-order valence-corrected chi connectivity index (χ0v) is 35.7. The van der Waals surface area contributed by atoms with Crippen molar-refractivity contribution in [2.45, 2.75) is 24.7 Å². The van der Waals surface area contributed by atoms with Gasteiger partial charge in [-0.25, -0.2) is 0 Å². The van der Waals surface area contributed by atoms with Crippen LogP contribution in [0.5, 0.6) is 0 Å². The standard InChI is InChI=1S/C62H43NO/c1-61(2)51-30-16-12-27-46(51)48-36-34-43(38-54(48)61)63(56-33-19-15-26-45(56)40-20-6-3-7-21-40)44-35-37-49-47-28-13-17-31-52(47)62(55(49)39-44)53-32-18-14-29-50(53)57-58(62)60(42-24-10-5-11-25-42)64-59(57)41-22-8-4-9-23-41/h3-39H,1-2H3. The summed E-state index contributed by atoms with van der Waals surface area (Å²) < 4.78 is 7.29. The van der Waals surface area contributed by atoms with Crippen LogP contribution in [0.1, 0.15) is 47.2 Å². The lowest BCUT2D eigenvalue weighted by atomic mass is 9.70. The number of anilines is 3. The monoisotopic (exact) mass is 817 g/mol. The molecule has 10 aromatic rings. The average Bonchev–Trinajstić information content (AvgIpc) is 4.05. The van der Waals surface area contributed by atoms with E-state index in [-0.39, 0.29) is 5.41 Å². The summed E-state index contributed by atoms with van der Waals surface area (Å²) in [5, 5.41) is 0. The molecule has 0 N–H and O–H groups in total. The first-order chi connectivity index (χ1) is 31.5. The Morgan fingerprint density at radius 3 is 1.42 bits per heavy atom. The fourth-order valence-corrected chi connectivity index (χ4v) is 11.5. The Bertz CT molecular complexity index is 3470. The summed E-state index contributed by atoms with van der Waals surface area (Å²) >= 11 is 0. The van der Waals surface area contributed by atoms with E-state index in [1.807, 2.05) is 0 Å². The van der Waals surface area contributed by atoms with Crippen molar-refractivity contribution >= 4 is 17.1 Å². The second-order valence-electron chi connectivity index (χ2n) is 17.9. The Labute approximate surface area is 374 Å². The van der Waals surface area contributed by atoms with Gasteiger partial charge in [0.2, 0.25) is 0 Å². The van der Waals surface area contributed by atoms with Crippen LogP contribution in [-0.4, -0.2) is 0 Å². The number of hydrogen-bond donors (Lipinski definition) is 0. The minimum Gasteiger partial charge on any atom is -0.455 e. The predicted molar refractivity (Wildman–Crippen MR) is 264 cm³/mol. The van der Waals surface area contributed by atoms with Crippen LogP contribution in [0.2, 0.25) is 0 Å². The molecule has 1 heterocycles. The fourth-order valence-electron chi connectivity index (χ4n) is 11.5. The second kappa shape index (κ2) is 13.8. The summed E-state index contributed by atoms with van der Waals surface area (Å²) in [5.41, 5.74) is 22.2. The van der Waals surface area contributed by atoms with Gasteiger partial charge in [-0.1, -0.05) is 208 Å². The molecule has 1 spiro atoms. The van der Waals surface area contributed by atoms with Crippen LogP contribution >= 0.6 is 0 Å². The summed E-state index contributed by atoms with van der Waals surface area (Å²) in [5.74, 6) is 1.81. The first kappa shape index (κ1) is 36.7. The van der Waals surface area contributed by atoms with Gasteiger partial charge in [0.05, 0.1) is 11.1 Å². The van der Waals surface area contributed by atoms with Crippen molar-refractivity contribution in [3.63, 3.8) is 0 Å². The minimum atomic E-state index is -0.665. The maximum atomic E-state index is 7.29. The molecule has 3 aliphatic carbocycles. The molecule has 2 nitrogen and oxygen atoms in total. The van der Waals surface area contributed by atoms with E-state index in [0.717, 1.165) is 39.7 Å². The largest absolute Gasteiger partial charge is 0.455 e. The molecule has 9 aromatic carbocycles. The Balaban J connectivity index is 1.12. The topological polar surface area (TPSA) is 16.4 Å². The van der Waals surface area contributed by atoms with E-state index in [0.29, 0.717) is 0 Å². The number of rotatable bonds is 6. The molecule has 1 atom stereocenters. The second-order valence-corrected chi connectivity index (χ2v) is 17.9. The van der Waals surface area contributed by atoms with Gasteiger partial charge >= 0.3 is 0 Å². The van der Waals surface area contributed by atoms with Gasteiger partial charge in [-0.05, 0) is 91.5 Å². The Kier molecular flexibility index (Phi) is 7.90. The van der Waals surface area contributed by atoms with Crippen LogP contribution in [0.3, 0.4) is 0 Å². The number of hydrogen-bond acceptors (Lipinski definition) is 2. The summed E-state index contributed by atoms with van der Waals surface area (Å²) in [6.07, 6.45) is 0. The van der Waals surface area contributed by atoms with Crippen LogP contribution in [0.4, 0.5) is 17.1 Å². The average molecular weight is 818 g/mol. The molecule has 1 aromatic heterocycles. The maximum absolute atomic E-state index is 7.29. The SMILES string of the molecule is CC1(C)c2ccccc2-c2ccc(N(c3ccc4c(c3)C3(c5ccccc5-4)c4ccccc4-c4c(-c5ccccc5)oc(-c5ccccc5)c43)c3ccccc3-c3ccccc3)cc21. The first-order valence-electron chi connectivity index (χ1n) is 22.3. The third-order valence-corrected chi connectivity index (χ3v) is 14.3. The number of para-hydroxylation sites is 1. The van der Waals surface area contributed by atoms with Crippen LogP contribution < -0.4 is 4.90 Å². The summed E-state index contributed by atoms with van der Waals surface area (Å²) in [7, 11) is 0. The molecule has 0 fully saturated rings. The molecule has 0 aliphatic heterocycles. The highest BCUT2D eigenvalue weighted by Crippen LogP contribution is 2.67. The molecule has 3 aliphatic rings. The summed E-state index contributed by atoms with van der Waals surface area (Å²) in [6, 6.07) is 82.4. The van der Waals surface area contributed by atoms with E-state index < -0.39 is 5.41 Å². The third kappa shape index (κ3) is 5.02. The fraction of sp³-hybridized carbons (Fsp3) is 0.0645. The van der Waals surface area contributed by atoms with Gasteiger partial charge < -0.3 is 9.32 Å². The lowest BCUT2D eigenvalue weighted by molar-refractivity contribution is 0.588. The van der Waals surface area contributed by atoms with Crippen molar-refractivity contribution in [3.8, 4) is 67.2 Å². The van der Waals surface area contributed by atoms with E-state index in [4.69, 9.17) is 4.42 Å². The van der Waals surface area contributed by atoms with Crippen molar-refractivity contribution < 1.29 is 4.42 Å². The van der Waals surface area contributed by atoms with Gasteiger partial charge in [-0.2, -0.15) is 0 Å². The van der Waals surface area contributed by atoms with Gasteiger partial charge in [0.15, 0.2) is 0 Å². The highest BCUT2D eigenvalue weighted by Gasteiger charge is 2.55. The number of fused-ring (bicyclic) bond motifs is 13. The smallest absolute Gasteiger partial charge is 0.142 e. The first-order valence-corrected chi connectivity index (χ1v) is 22.3. The van der Waals surface area contributed by atoms with Gasteiger partial charge in [0, 0.05) is 44.6 Å². The molecule has 1 unspecified atom stereocenters. The van der Waals surface area contributed by atoms with E-state index in [2.05, 4.69) is 243 Å². The van der Waals surface area contributed by atoms with E-state index in [9.17, 15) is 0 Å². The number of benzene rings is 9. The molecule has 13 rings (SSSR count). The minimum absolute atomic E-state index is 0.161. The van der Waals surface area contributed by atoms with Crippen LogP contribution in [0.25, 0.3) is 67.2 Å². The lowest BCUT2D eigenvalue weighted by Crippen LogP contribution is -2.26. The molecule has 2 heteroatoms. The quantitative estimate of drug-likeness (QED) is 0.166. The van der Waals surface area contributed by atoms with Crippen LogP contribution in [-0.2, 0) is 10.8 Å². The molecule has 0 bridgehead atoms. The molecule has 0 saturated heterocycles. The van der Waals surface area contributed by atoms with Crippen LogP contribution in [0.15, 0.2) is 229 Å². The zero-order valence-electron chi connectivity index (χ0n) is 35.7. The molecule has 302 valence electrons. The molecule has 64 heavy (non-hydrogen) atoms. The Morgan fingerprint density at radius 2 is 0.781 bits per heavy atom. The maximum Gasteiger partial charge on any atom is 0.142 e. The van der Waals surface area contributed by atoms with E-state index >= 15 is 0 Å². The molecular formula is C62H43NO. The number of furan rings is 1. The molecular weight excluding hydrogens is 775 g/mol. The highest BCUT2D eigenvalue weighted by atomic mass is 16.3. The molecule has 0 radical (unpaired) electrons. The predicted octanol–water partition coefficient (Wildman–Crippen LogP) is 16.4. The van der Waals surface area contributed by atoms with Gasteiger partial charge in [0.25, 0.3) is 0 Å². The van der Waals surface area contributed by atoms with E-state index in [1.165, 1.54) is 77.9 Å². The van der Waals surface area contributed by atoms with Gasteiger partial charge in [-0.15, -0.1) is 0 Å².